The molecule has 0 radical (unpaired) electrons. The molecule has 7 nitrogen and oxygen atoms in total. The molecule has 168 valence electrons. The summed E-state index contributed by atoms with van der Waals surface area (Å²) in [6, 6.07) is 11.9. The summed E-state index contributed by atoms with van der Waals surface area (Å²) in [5, 5.41) is 16.0. The Bertz CT molecular complexity index is 1100. The first-order chi connectivity index (χ1) is 16.3. The van der Waals surface area contributed by atoms with Crippen molar-refractivity contribution >= 4 is 12.2 Å². The molecule has 1 fully saturated rings. The molecule has 4 heterocycles. The Balaban J connectivity index is 1.44. The first-order valence-electron chi connectivity index (χ1n) is 11.3. The number of aromatic nitrogens is 3. The molecule has 2 N–H and O–H groups in total. The molecule has 0 spiro atoms. The third-order valence-corrected chi connectivity index (χ3v) is 5.52. The maximum atomic E-state index is 9.09. The van der Waals surface area contributed by atoms with Crippen LogP contribution in [0.3, 0.4) is 0 Å². The van der Waals surface area contributed by atoms with Crippen LogP contribution in [-0.2, 0) is 13.0 Å². The van der Waals surface area contributed by atoms with Gasteiger partial charge in [-0.05, 0) is 67.4 Å². The van der Waals surface area contributed by atoms with Crippen molar-refractivity contribution in [1.29, 1.82) is 5.26 Å². The van der Waals surface area contributed by atoms with E-state index in [1.54, 1.807) is 30.9 Å². The van der Waals surface area contributed by atoms with E-state index in [2.05, 4.69) is 26.7 Å². The Hall–Kier alpha value is -3.60. The third-order valence-electron chi connectivity index (χ3n) is 5.52. The Labute approximate surface area is 194 Å². The highest BCUT2D eigenvalue weighted by Crippen LogP contribution is 2.18. The van der Waals surface area contributed by atoms with Crippen molar-refractivity contribution in [2.75, 3.05) is 26.2 Å². The number of pyridine rings is 3. The molecule has 33 heavy (non-hydrogen) atoms. The van der Waals surface area contributed by atoms with Crippen LogP contribution in [0.15, 0.2) is 55.1 Å². The van der Waals surface area contributed by atoms with Crippen LogP contribution in [0.1, 0.15) is 34.5 Å². The van der Waals surface area contributed by atoms with Gasteiger partial charge in [0.05, 0.1) is 23.6 Å². The molecule has 0 aliphatic carbocycles. The number of nitrogens with one attached hydrogen (secondary N) is 2. The molecular formula is C26H28N6O. The quantitative estimate of drug-likeness (QED) is 0.500. The standard InChI is InChI=1S/C26H28N6O/c27-14-23-11-21(15-30-18-23)1-2-24-12-26(33-10-6-20-3-7-28-8-4-20)13-25(32-24)19-31-17-22-5-9-29-16-22/h1-4,7-8,11-13,15,18,22,29,31H,5-6,9-10,16-17,19H2/b2-1+. The zero-order valence-electron chi connectivity index (χ0n) is 18.6. The van der Waals surface area contributed by atoms with E-state index in [-0.39, 0.29) is 0 Å². The zero-order valence-corrected chi connectivity index (χ0v) is 18.6. The maximum Gasteiger partial charge on any atom is 0.123 e. The lowest BCUT2D eigenvalue weighted by atomic mass is 10.1. The van der Waals surface area contributed by atoms with Crippen molar-refractivity contribution in [1.82, 2.24) is 25.6 Å². The van der Waals surface area contributed by atoms with Crippen LogP contribution in [0.4, 0.5) is 0 Å². The van der Waals surface area contributed by atoms with E-state index in [1.807, 2.05) is 36.4 Å². The summed E-state index contributed by atoms with van der Waals surface area (Å²) < 4.78 is 6.07. The second kappa shape index (κ2) is 11.9. The molecule has 1 saturated heterocycles. The smallest absolute Gasteiger partial charge is 0.123 e. The predicted molar refractivity (Wildman–Crippen MR) is 128 cm³/mol. The first kappa shape index (κ1) is 22.6. The zero-order chi connectivity index (χ0) is 22.7. The van der Waals surface area contributed by atoms with Crippen molar-refractivity contribution in [2.24, 2.45) is 5.92 Å². The van der Waals surface area contributed by atoms with Gasteiger partial charge in [0.1, 0.15) is 11.8 Å². The van der Waals surface area contributed by atoms with E-state index in [0.717, 1.165) is 48.8 Å². The summed E-state index contributed by atoms with van der Waals surface area (Å²) >= 11 is 0. The molecule has 1 aliphatic heterocycles. The average molecular weight is 441 g/mol. The Morgan fingerprint density at radius 3 is 2.88 bits per heavy atom. The molecular weight excluding hydrogens is 412 g/mol. The van der Waals surface area contributed by atoms with Gasteiger partial charge in [-0.25, -0.2) is 0 Å². The number of ether oxygens (including phenoxy) is 1. The number of hydrogen-bond acceptors (Lipinski definition) is 7. The van der Waals surface area contributed by atoms with E-state index >= 15 is 0 Å². The molecule has 3 aromatic heterocycles. The third kappa shape index (κ3) is 7.21. The highest BCUT2D eigenvalue weighted by Gasteiger charge is 2.13. The Kier molecular flexibility index (Phi) is 8.12. The fourth-order valence-corrected chi connectivity index (χ4v) is 3.76. The second-order valence-electron chi connectivity index (χ2n) is 8.11. The molecule has 0 amide bonds. The summed E-state index contributed by atoms with van der Waals surface area (Å²) in [4.78, 5) is 13.0. The fraction of sp³-hybridized carbons (Fsp3) is 0.308. The molecule has 3 aromatic rings. The molecule has 7 heteroatoms. The highest BCUT2D eigenvalue weighted by atomic mass is 16.5. The van der Waals surface area contributed by atoms with Crippen molar-refractivity contribution < 1.29 is 4.74 Å². The largest absolute Gasteiger partial charge is 0.493 e. The molecule has 0 saturated carbocycles. The van der Waals surface area contributed by atoms with Gasteiger partial charge < -0.3 is 15.4 Å². The number of nitrogens with zero attached hydrogens (tertiary/aromatic N) is 4. The summed E-state index contributed by atoms with van der Waals surface area (Å²) in [7, 11) is 0. The monoisotopic (exact) mass is 440 g/mol. The molecule has 1 atom stereocenters. The van der Waals surface area contributed by atoms with Gasteiger partial charge >= 0.3 is 0 Å². The molecule has 1 aliphatic rings. The van der Waals surface area contributed by atoms with E-state index < -0.39 is 0 Å². The van der Waals surface area contributed by atoms with Gasteiger partial charge in [-0.15, -0.1) is 0 Å². The highest BCUT2D eigenvalue weighted by molar-refractivity contribution is 5.68. The van der Waals surface area contributed by atoms with Crippen LogP contribution < -0.4 is 15.4 Å². The SMILES string of the molecule is N#Cc1cncc(/C=C/c2cc(OCCc3ccncc3)cc(CNCC3CCNC3)n2)c1. The number of nitriles is 1. The topological polar surface area (TPSA) is 95.8 Å². The maximum absolute atomic E-state index is 9.09. The minimum absolute atomic E-state index is 0.532. The van der Waals surface area contributed by atoms with Crippen molar-refractivity contribution in [3.8, 4) is 11.8 Å². The minimum Gasteiger partial charge on any atom is -0.493 e. The summed E-state index contributed by atoms with van der Waals surface area (Å²) in [5.74, 6) is 1.46. The molecule has 0 bridgehead atoms. The van der Waals surface area contributed by atoms with Crippen LogP contribution in [0.2, 0.25) is 0 Å². The fourth-order valence-electron chi connectivity index (χ4n) is 3.76. The number of rotatable bonds is 10. The lowest BCUT2D eigenvalue weighted by molar-refractivity contribution is 0.321. The number of hydrogen-bond donors (Lipinski definition) is 2. The van der Waals surface area contributed by atoms with E-state index in [9.17, 15) is 0 Å². The van der Waals surface area contributed by atoms with Crippen LogP contribution >= 0.6 is 0 Å². The lowest BCUT2D eigenvalue weighted by Gasteiger charge is -2.12. The van der Waals surface area contributed by atoms with Gasteiger partial charge in [0.15, 0.2) is 0 Å². The van der Waals surface area contributed by atoms with Gasteiger partial charge in [0, 0.05) is 49.9 Å². The Morgan fingerprint density at radius 2 is 2.06 bits per heavy atom. The summed E-state index contributed by atoms with van der Waals surface area (Å²) in [6.07, 6.45) is 12.7. The van der Waals surface area contributed by atoms with Gasteiger partial charge in [-0.1, -0.05) is 6.08 Å². The van der Waals surface area contributed by atoms with E-state index in [1.165, 1.54) is 12.0 Å². The molecule has 0 aromatic carbocycles. The van der Waals surface area contributed by atoms with E-state index in [4.69, 9.17) is 15.0 Å². The van der Waals surface area contributed by atoms with Gasteiger partial charge in [0.25, 0.3) is 0 Å². The van der Waals surface area contributed by atoms with Crippen LogP contribution in [0.5, 0.6) is 5.75 Å². The summed E-state index contributed by atoms with van der Waals surface area (Å²) in [5.41, 5.74) is 4.32. The minimum atomic E-state index is 0.532. The van der Waals surface area contributed by atoms with Gasteiger partial charge in [0.2, 0.25) is 0 Å². The van der Waals surface area contributed by atoms with Crippen LogP contribution in [0, 0.1) is 17.2 Å². The normalized spacial score (nSPS) is 15.5. The first-order valence-corrected chi connectivity index (χ1v) is 11.3. The van der Waals surface area contributed by atoms with E-state index in [0.29, 0.717) is 24.6 Å². The van der Waals surface area contributed by atoms with Crippen molar-refractivity contribution in [3.05, 3.63) is 83.2 Å². The Morgan fingerprint density at radius 1 is 1.15 bits per heavy atom. The van der Waals surface area contributed by atoms with Gasteiger partial charge in [-0.2, -0.15) is 5.26 Å². The molecule has 1 unspecified atom stereocenters. The molecule has 4 rings (SSSR count). The van der Waals surface area contributed by atoms with Crippen molar-refractivity contribution in [2.45, 2.75) is 19.4 Å². The summed E-state index contributed by atoms with van der Waals surface area (Å²) in [6.45, 7) is 4.40. The van der Waals surface area contributed by atoms with Crippen molar-refractivity contribution in [3.63, 3.8) is 0 Å². The second-order valence-corrected chi connectivity index (χ2v) is 8.11. The van der Waals surface area contributed by atoms with Crippen LogP contribution in [0.25, 0.3) is 12.2 Å². The average Bonchev–Trinajstić information content (AvgIpc) is 3.37. The predicted octanol–water partition coefficient (Wildman–Crippen LogP) is 3.23. The van der Waals surface area contributed by atoms with Gasteiger partial charge in [-0.3, -0.25) is 15.0 Å². The lowest BCUT2D eigenvalue weighted by Crippen LogP contribution is -2.24. The van der Waals surface area contributed by atoms with Crippen LogP contribution in [-0.4, -0.2) is 41.2 Å².